The minimum Gasteiger partial charge on any atom is -0.384 e. The van der Waals surface area contributed by atoms with E-state index in [0.29, 0.717) is 36.9 Å². The third-order valence-electron chi connectivity index (χ3n) is 6.02. The van der Waals surface area contributed by atoms with Crippen LogP contribution in [0.25, 0.3) is 17.0 Å². The molecule has 2 aromatic carbocycles. The number of likely N-dealkylation sites (tertiary alicyclic amines) is 1. The largest absolute Gasteiger partial charge is 0.384 e. The van der Waals surface area contributed by atoms with E-state index in [9.17, 15) is 9.59 Å². The molecular formula is C28H31ClN4O2. The molecule has 0 aliphatic carbocycles. The SMILES string of the molecule is CC(C)CN1C(=O)[C@H](NC(=O)CCCNc2ccnc3cc(Cl)ccc23)[C@@H]1/C=C/c1ccccc1. The monoisotopic (exact) mass is 490 g/mol. The summed E-state index contributed by atoms with van der Waals surface area (Å²) in [5.74, 6) is 0.225. The van der Waals surface area contributed by atoms with Gasteiger partial charge in [-0.15, -0.1) is 0 Å². The van der Waals surface area contributed by atoms with Gasteiger partial charge < -0.3 is 15.5 Å². The minimum absolute atomic E-state index is 0.0187. The number of halogens is 1. The van der Waals surface area contributed by atoms with Crippen LogP contribution < -0.4 is 10.6 Å². The number of rotatable bonds is 10. The number of benzene rings is 2. The van der Waals surface area contributed by atoms with Crippen LogP contribution in [0.2, 0.25) is 5.02 Å². The van der Waals surface area contributed by atoms with E-state index in [-0.39, 0.29) is 17.9 Å². The summed E-state index contributed by atoms with van der Waals surface area (Å²) in [6.07, 6.45) is 6.75. The number of fused-ring (bicyclic) bond motifs is 1. The Balaban J connectivity index is 1.31. The molecule has 1 aromatic heterocycles. The Labute approximate surface area is 211 Å². The lowest BCUT2D eigenvalue weighted by Gasteiger charge is -2.46. The van der Waals surface area contributed by atoms with Crippen LogP contribution in [0.4, 0.5) is 5.69 Å². The number of aromatic nitrogens is 1. The predicted octanol–water partition coefficient (Wildman–Crippen LogP) is 5.15. The maximum atomic E-state index is 12.8. The van der Waals surface area contributed by atoms with Gasteiger partial charge in [-0.05, 0) is 42.2 Å². The molecule has 1 saturated heterocycles. The van der Waals surface area contributed by atoms with Gasteiger partial charge in [-0.2, -0.15) is 0 Å². The molecule has 182 valence electrons. The van der Waals surface area contributed by atoms with Crippen LogP contribution in [-0.2, 0) is 9.59 Å². The first-order valence-corrected chi connectivity index (χ1v) is 12.4. The first-order valence-electron chi connectivity index (χ1n) is 12.0. The molecule has 0 saturated carbocycles. The van der Waals surface area contributed by atoms with E-state index in [1.165, 1.54) is 0 Å². The van der Waals surface area contributed by atoms with E-state index in [4.69, 9.17) is 11.6 Å². The summed E-state index contributed by atoms with van der Waals surface area (Å²) >= 11 is 6.06. The van der Waals surface area contributed by atoms with Crippen LogP contribution in [0.1, 0.15) is 32.3 Å². The second-order valence-electron chi connectivity index (χ2n) is 9.24. The molecule has 2 heterocycles. The molecule has 6 nitrogen and oxygen atoms in total. The highest BCUT2D eigenvalue weighted by atomic mass is 35.5. The fraction of sp³-hybridized carbons (Fsp3) is 0.321. The molecule has 2 atom stereocenters. The second-order valence-corrected chi connectivity index (χ2v) is 9.68. The minimum atomic E-state index is -0.511. The molecule has 2 amide bonds. The van der Waals surface area contributed by atoms with Crippen molar-refractivity contribution in [3.63, 3.8) is 0 Å². The summed E-state index contributed by atoms with van der Waals surface area (Å²) < 4.78 is 0. The van der Waals surface area contributed by atoms with Crippen LogP contribution in [0.5, 0.6) is 0 Å². The van der Waals surface area contributed by atoms with Crippen LogP contribution in [-0.4, -0.2) is 46.9 Å². The number of carbonyl (C=O) groups is 2. The Bertz CT molecular complexity index is 1210. The Kier molecular flexibility index (Phi) is 8.03. The Morgan fingerprint density at radius 2 is 1.97 bits per heavy atom. The highest BCUT2D eigenvalue weighted by Gasteiger charge is 2.46. The van der Waals surface area contributed by atoms with Crippen molar-refractivity contribution in [2.24, 2.45) is 5.92 Å². The summed E-state index contributed by atoms with van der Waals surface area (Å²) in [6.45, 7) is 5.48. The van der Waals surface area contributed by atoms with Crippen LogP contribution in [0, 0.1) is 5.92 Å². The topological polar surface area (TPSA) is 74.3 Å². The first-order chi connectivity index (χ1) is 16.9. The van der Waals surface area contributed by atoms with Gasteiger partial charge in [-0.1, -0.05) is 67.9 Å². The molecule has 0 radical (unpaired) electrons. The lowest BCUT2D eigenvalue weighted by molar-refractivity contribution is -0.151. The molecule has 4 rings (SSSR count). The summed E-state index contributed by atoms with van der Waals surface area (Å²) in [5, 5.41) is 7.97. The number of nitrogens with one attached hydrogen (secondary N) is 2. The lowest BCUT2D eigenvalue weighted by Crippen LogP contribution is -2.70. The smallest absolute Gasteiger partial charge is 0.248 e. The highest BCUT2D eigenvalue weighted by molar-refractivity contribution is 6.31. The second kappa shape index (κ2) is 11.4. The maximum absolute atomic E-state index is 12.8. The molecule has 2 N–H and O–H groups in total. The maximum Gasteiger partial charge on any atom is 0.248 e. The molecule has 1 fully saturated rings. The molecular weight excluding hydrogens is 460 g/mol. The van der Waals surface area contributed by atoms with Gasteiger partial charge in [-0.25, -0.2) is 0 Å². The standard InChI is InChI=1S/C28H31ClN4O2/c1-19(2)18-33-25(13-10-20-7-4-3-5-8-20)27(28(33)35)32-26(34)9-6-15-30-23-14-16-31-24-17-21(29)11-12-22(23)24/h3-5,7-8,10-14,16-17,19,25,27H,6,9,15,18H2,1-2H3,(H,30,31)(H,32,34)/b13-10+/t25-,27+/m0/s1. The fourth-order valence-electron chi connectivity index (χ4n) is 4.30. The van der Waals surface area contributed by atoms with Crippen molar-refractivity contribution in [2.75, 3.05) is 18.4 Å². The van der Waals surface area contributed by atoms with Crippen LogP contribution in [0.3, 0.4) is 0 Å². The molecule has 0 spiro atoms. The zero-order valence-electron chi connectivity index (χ0n) is 20.1. The third-order valence-corrected chi connectivity index (χ3v) is 6.25. The number of anilines is 1. The van der Waals surface area contributed by atoms with Gasteiger partial charge >= 0.3 is 0 Å². The summed E-state index contributed by atoms with van der Waals surface area (Å²) in [5.41, 5.74) is 2.85. The summed E-state index contributed by atoms with van der Waals surface area (Å²) in [7, 11) is 0. The Hall–Kier alpha value is -3.38. The van der Waals surface area contributed by atoms with Crippen molar-refractivity contribution in [3.05, 3.63) is 77.5 Å². The van der Waals surface area contributed by atoms with Crippen LogP contribution in [0.15, 0.2) is 66.9 Å². The van der Waals surface area contributed by atoms with E-state index in [1.807, 2.05) is 71.6 Å². The average Bonchev–Trinajstić information content (AvgIpc) is 2.85. The number of amides is 2. The fourth-order valence-corrected chi connectivity index (χ4v) is 4.47. The van der Waals surface area contributed by atoms with Gasteiger partial charge in [0.15, 0.2) is 0 Å². The van der Waals surface area contributed by atoms with Crippen molar-refractivity contribution >= 4 is 46.1 Å². The van der Waals surface area contributed by atoms with Crippen LogP contribution >= 0.6 is 11.6 Å². The average molecular weight is 491 g/mol. The molecule has 0 unspecified atom stereocenters. The van der Waals surface area contributed by atoms with E-state index in [2.05, 4.69) is 29.5 Å². The Morgan fingerprint density at radius 3 is 2.74 bits per heavy atom. The molecule has 1 aliphatic heterocycles. The van der Waals surface area contributed by atoms with Crippen molar-refractivity contribution in [1.29, 1.82) is 0 Å². The zero-order chi connectivity index (χ0) is 24.8. The number of carbonyl (C=O) groups excluding carboxylic acids is 2. The number of pyridine rings is 1. The molecule has 35 heavy (non-hydrogen) atoms. The summed E-state index contributed by atoms with van der Waals surface area (Å²) in [4.78, 5) is 31.6. The van der Waals surface area contributed by atoms with Gasteiger partial charge in [0.05, 0.1) is 11.6 Å². The summed E-state index contributed by atoms with van der Waals surface area (Å²) in [6, 6.07) is 16.8. The van der Waals surface area contributed by atoms with Crippen molar-refractivity contribution < 1.29 is 9.59 Å². The highest BCUT2D eigenvalue weighted by Crippen LogP contribution is 2.25. The quantitative estimate of drug-likeness (QED) is 0.304. The number of β-lactam (4-membered cyclic amide) rings is 1. The van der Waals surface area contributed by atoms with E-state index >= 15 is 0 Å². The number of nitrogens with zero attached hydrogens (tertiary/aromatic N) is 2. The lowest BCUT2D eigenvalue weighted by atomic mass is 9.92. The third kappa shape index (κ3) is 6.20. The molecule has 7 heteroatoms. The number of hydrogen-bond donors (Lipinski definition) is 2. The normalized spacial score (nSPS) is 17.7. The van der Waals surface area contributed by atoms with Gasteiger partial charge in [0.25, 0.3) is 0 Å². The number of hydrogen-bond acceptors (Lipinski definition) is 4. The predicted molar refractivity (Wildman–Crippen MR) is 142 cm³/mol. The zero-order valence-corrected chi connectivity index (χ0v) is 20.8. The van der Waals surface area contributed by atoms with Crippen molar-refractivity contribution in [2.45, 2.75) is 38.8 Å². The van der Waals surface area contributed by atoms with Crippen molar-refractivity contribution in [1.82, 2.24) is 15.2 Å². The molecule has 1 aliphatic rings. The van der Waals surface area contributed by atoms with E-state index in [1.54, 1.807) is 6.20 Å². The van der Waals surface area contributed by atoms with Gasteiger partial charge in [0.1, 0.15) is 6.04 Å². The van der Waals surface area contributed by atoms with Gasteiger partial charge in [-0.3, -0.25) is 14.6 Å². The van der Waals surface area contributed by atoms with Crippen molar-refractivity contribution in [3.8, 4) is 0 Å². The first kappa shape index (κ1) is 24.7. The van der Waals surface area contributed by atoms with E-state index in [0.717, 1.165) is 22.2 Å². The molecule has 3 aromatic rings. The molecule has 0 bridgehead atoms. The van der Waals surface area contributed by atoms with E-state index < -0.39 is 6.04 Å². The van der Waals surface area contributed by atoms with Gasteiger partial charge in [0, 0.05) is 41.8 Å². The van der Waals surface area contributed by atoms with Gasteiger partial charge in [0.2, 0.25) is 11.8 Å². The Morgan fingerprint density at radius 1 is 1.17 bits per heavy atom.